The Hall–Kier alpha value is -4.81. The van der Waals surface area contributed by atoms with Gasteiger partial charge in [0, 0.05) is 41.7 Å². The van der Waals surface area contributed by atoms with Crippen LogP contribution in [0.4, 0.5) is 17.1 Å². The monoisotopic (exact) mass is 739 g/mol. The van der Waals surface area contributed by atoms with Crippen LogP contribution in [0.5, 0.6) is 11.5 Å². The minimum Gasteiger partial charge on any atom is -0.454 e. The zero-order valence-electron chi connectivity index (χ0n) is 30.0. The Morgan fingerprint density at radius 3 is 1.53 bits per heavy atom. The Balaban J connectivity index is 1.15. The second kappa shape index (κ2) is 12.4. The molecule has 0 saturated heterocycles. The van der Waals surface area contributed by atoms with Gasteiger partial charge in [-0.15, -0.1) is 0 Å². The Bertz CT molecular complexity index is 2480. The summed E-state index contributed by atoms with van der Waals surface area (Å²) < 4.78 is 6.56. The van der Waals surface area contributed by atoms with Gasteiger partial charge in [0.25, 0.3) is 0 Å². The van der Waals surface area contributed by atoms with E-state index in [1.165, 1.54) is 53.2 Å². The standard InChI is InChI=1S/C48H37NOS3/c1-47(2)33-15-5-8-22-40(33)52-45-35(47)17-12-19-37(45)49(38-20-13-18-36-46(38)53-41-23-9-6-16-34(41)48(36,3)4)31-28-26-30(27-29-31)32-14-11-25-43-44(32)50-39-21-7-10-24-42(39)51-43/h5-29H,1-4H3. The quantitative estimate of drug-likeness (QED) is 0.178. The molecule has 2 nitrogen and oxygen atoms in total. The van der Waals surface area contributed by atoms with Crippen LogP contribution >= 0.6 is 35.3 Å². The molecule has 0 amide bonds. The van der Waals surface area contributed by atoms with Crippen LogP contribution in [0.2, 0.25) is 0 Å². The van der Waals surface area contributed by atoms with Crippen LogP contribution in [0.15, 0.2) is 181 Å². The molecule has 0 aliphatic carbocycles. The molecule has 7 aromatic rings. The van der Waals surface area contributed by atoms with Crippen molar-refractivity contribution >= 4 is 52.3 Å². The average molecular weight is 740 g/mol. The molecule has 0 atom stereocenters. The highest BCUT2D eigenvalue weighted by Crippen LogP contribution is 2.58. The fourth-order valence-electron chi connectivity index (χ4n) is 8.23. The third-order valence-electron chi connectivity index (χ3n) is 11.1. The van der Waals surface area contributed by atoms with Crippen molar-refractivity contribution in [1.82, 2.24) is 0 Å². The Morgan fingerprint density at radius 1 is 0.434 bits per heavy atom. The van der Waals surface area contributed by atoms with Gasteiger partial charge in [0.1, 0.15) is 11.5 Å². The second-order valence-electron chi connectivity index (χ2n) is 14.9. The number of fused-ring (bicyclic) bond motifs is 6. The van der Waals surface area contributed by atoms with E-state index < -0.39 is 0 Å². The molecule has 0 saturated carbocycles. The van der Waals surface area contributed by atoms with Crippen LogP contribution in [0.3, 0.4) is 0 Å². The van der Waals surface area contributed by atoms with Crippen LogP contribution < -0.4 is 9.64 Å². The smallest absolute Gasteiger partial charge is 0.149 e. The van der Waals surface area contributed by atoms with Gasteiger partial charge in [0.05, 0.1) is 21.2 Å². The van der Waals surface area contributed by atoms with E-state index in [9.17, 15) is 0 Å². The van der Waals surface area contributed by atoms with Crippen molar-refractivity contribution in [3.8, 4) is 22.6 Å². The molecule has 0 radical (unpaired) electrons. The van der Waals surface area contributed by atoms with Crippen molar-refractivity contribution in [2.45, 2.75) is 67.9 Å². The van der Waals surface area contributed by atoms with Crippen molar-refractivity contribution in [1.29, 1.82) is 0 Å². The highest BCUT2D eigenvalue weighted by Gasteiger charge is 2.38. The molecule has 0 aromatic heterocycles. The van der Waals surface area contributed by atoms with Crippen molar-refractivity contribution in [3.05, 3.63) is 174 Å². The molecule has 0 spiro atoms. The van der Waals surface area contributed by atoms with Crippen LogP contribution in [0.25, 0.3) is 11.1 Å². The average Bonchev–Trinajstić information content (AvgIpc) is 3.18. The predicted octanol–water partition coefficient (Wildman–Crippen LogP) is 14.7. The van der Waals surface area contributed by atoms with Gasteiger partial charge in [-0.05, 0) is 82.4 Å². The topological polar surface area (TPSA) is 12.5 Å². The molecule has 7 aromatic carbocycles. The van der Waals surface area contributed by atoms with E-state index in [1.54, 1.807) is 11.8 Å². The number of para-hydroxylation sites is 2. The van der Waals surface area contributed by atoms with E-state index in [-0.39, 0.29) is 10.8 Å². The molecule has 53 heavy (non-hydrogen) atoms. The van der Waals surface area contributed by atoms with Crippen molar-refractivity contribution in [2.75, 3.05) is 4.90 Å². The number of hydrogen-bond donors (Lipinski definition) is 0. The first-order valence-corrected chi connectivity index (χ1v) is 20.5. The van der Waals surface area contributed by atoms with Crippen LogP contribution in [0.1, 0.15) is 49.9 Å². The van der Waals surface area contributed by atoms with Gasteiger partial charge in [0.15, 0.2) is 0 Å². The van der Waals surface area contributed by atoms with Crippen molar-refractivity contribution in [2.24, 2.45) is 0 Å². The molecular formula is C48H37NOS3. The number of anilines is 3. The van der Waals surface area contributed by atoms with E-state index in [2.05, 4.69) is 178 Å². The molecule has 3 aliphatic rings. The van der Waals surface area contributed by atoms with E-state index in [0.717, 1.165) is 38.1 Å². The van der Waals surface area contributed by atoms with Gasteiger partial charge >= 0.3 is 0 Å². The normalized spacial score (nSPS) is 15.4. The summed E-state index contributed by atoms with van der Waals surface area (Å²) >= 11 is 5.57. The highest BCUT2D eigenvalue weighted by atomic mass is 32.2. The molecule has 5 heteroatoms. The minimum atomic E-state index is -0.141. The lowest BCUT2D eigenvalue weighted by atomic mass is 9.77. The first kappa shape index (κ1) is 32.8. The summed E-state index contributed by atoms with van der Waals surface area (Å²) in [5, 5.41) is 0. The summed E-state index contributed by atoms with van der Waals surface area (Å²) in [5.41, 5.74) is 10.9. The molecule has 3 heterocycles. The number of rotatable bonds is 4. The number of benzene rings is 7. The molecule has 10 rings (SSSR count). The summed E-state index contributed by atoms with van der Waals surface area (Å²) in [6, 6.07) is 55.4. The maximum absolute atomic E-state index is 6.56. The third-order valence-corrected chi connectivity index (χ3v) is 14.6. The van der Waals surface area contributed by atoms with E-state index in [1.807, 2.05) is 29.6 Å². The van der Waals surface area contributed by atoms with Gasteiger partial charge in [0.2, 0.25) is 0 Å². The molecule has 0 N–H and O–H groups in total. The van der Waals surface area contributed by atoms with E-state index in [4.69, 9.17) is 4.74 Å². The Morgan fingerprint density at radius 2 is 0.925 bits per heavy atom. The lowest BCUT2D eigenvalue weighted by Gasteiger charge is -2.40. The van der Waals surface area contributed by atoms with Crippen molar-refractivity contribution < 1.29 is 4.74 Å². The van der Waals surface area contributed by atoms with Gasteiger partial charge in [-0.3, -0.25) is 0 Å². The fourth-order valence-corrected chi connectivity index (χ4v) is 12.2. The minimum absolute atomic E-state index is 0.141. The predicted molar refractivity (Wildman–Crippen MR) is 223 cm³/mol. The number of hydrogen-bond acceptors (Lipinski definition) is 5. The zero-order chi connectivity index (χ0) is 35.9. The van der Waals surface area contributed by atoms with Gasteiger partial charge < -0.3 is 9.64 Å². The van der Waals surface area contributed by atoms with Crippen LogP contribution in [-0.4, -0.2) is 0 Å². The van der Waals surface area contributed by atoms with Gasteiger partial charge in [-0.1, -0.05) is 160 Å². The maximum Gasteiger partial charge on any atom is 0.149 e. The molecule has 258 valence electrons. The third kappa shape index (κ3) is 5.20. The fraction of sp³-hybridized carbons (Fsp3) is 0.125. The SMILES string of the molecule is CC1(C)c2ccccc2Sc2c(N(c3ccc(-c4cccc5c4Oc4ccccc4S5)cc3)c3cccc4c3Sc3ccccc3C4(C)C)cccc21. The maximum atomic E-state index is 6.56. The Kier molecular flexibility index (Phi) is 7.66. The Labute approximate surface area is 324 Å². The van der Waals surface area contributed by atoms with Crippen molar-refractivity contribution in [3.63, 3.8) is 0 Å². The molecule has 0 fully saturated rings. The lowest BCUT2D eigenvalue weighted by molar-refractivity contribution is 0.456. The molecule has 0 bridgehead atoms. The molecule has 3 aliphatic heterocycles. The summed E-state index contributed by atoms with van der Waals surface area (Å²) in [6.07, 6.45) is 0. The zero-order valence-corrected chi connectivity index (χ0v) is 32.5. The summed E-state index contributed by atoms with van der Waals surface area (Å²) in [6.45, 7) is 9.47. The second-order valence-corrected chi connectivity index (χ2v) is 18.1. The van der Waals surface area contributed by atoms with Crippen LogP contribution in [-0.2, 0) is 10.8 Å². The van der Waals surface area contributed by atoms with Crippen LogP contribution in [0, 0.1) is 0 Å². The van der Waals surface area contributed by atoms with Gasteiger partial charge in [-0.2, -0.15) is 0 Å². The lowest BCUT2D eigenvalue weighted by Crippen LogP contribution is -2.26. The highest BCUT2D eigenvalue weighted by molar-refractivity contribution is 8.00. The molecule has 0 unspecified atom stereocenters. The summed E-state index contributed by atoms with van der Waals surface area (Å²) in [4.78, 5) is 10.0. The first-order chi connectivity index (χ1) is 25.8. The summed E-state index contributed by atoms with van der Waals surface area (Å²) in [7, 11) is 0. The number of nitrogens with zero attached hydrogens (tertiary/aromatic N) is 1. The van der Waals surface area contributed by atoms with E-state index >= 15 is 0 Å². The van der Waals surface area contributed by atoms with Gasteiger partial charge in [-0.25, -0.2) is 0 Å². The summed E-state index contributed by atoms with van der Waals surface area (Å²) in [5.74, 6) is 1.83. The largest absolute Gasteiger partial charge is 0.454 e. The van der Waals surface area contributed by atoms with E-state index in [0.29, 0.717) is 0 Å². The molecular weight excluding hydrogens is 703 g/mol. The first-order valence-electron chi connectivity index (χ1n) is 18.1. The number of ether oxygens (including phenoxy) is 1.